The molecule has 1 rings (SSSR count). The lowest BCUT2D eigenvalue weighted by Gasteiger charge is -2.10. The molecule has 0 aliphatic rings. The fourth-order valence-corrected chi connectivity index (χ4v) is 1.53. The largest absolute Gasteiger partial charge is 0.504 e. The molecule has 1 aromatic rings. The number of carbonyl (C=O) groups is 1. The SMILES string of the molecule is BCc1cc(C)c(OC(=O)CCC)c(O)c1. The second-order valence-corrected chi connectivity index (χ2v) is 3.84. The third-order valence-corrected chi connectivity index (χ3v) is 2.39. The first kappa shape index (κ1) is 12.6. The van der Waals surface area contributed by atoms with E-state index in [4.69, 9.17) is 4.74 Å². The van der Waals surface area contributed by atoms with Crippen LogP contribution in [0.15, 0.2) is 12.1 Å². The van der Waals surface area contributed by atoms with Crippen molar-refractivity contribution in [2.24, 2.45) is 0 Å². The van der Waals surface area contributed by atoms with Gasteiger partial charge in [0.2, 0.25) is 0 Å². The van der Waals surface area contributed by atoms with Gasteiger partial charge in [0.15, 0.2) is 11.5 Å². The Kier molecular flexibility index (Phi) is 4.41. The van der Waals surface area contributed by atoms with Gasteiger partial charge >= 0.3 is 5.97 Å². The van der Waals surface area contributed by atoms with E-state index in [2.05, 4.69) is 0 Å². The highest BCUT2D eigenvalue weighted by molar-refractivity contribution is 6.08. The number of carbonyl (C=O) groups excluding carboxylic acids is 1. The van der Waals surface area contributed by atoms with E-state index in [0.29, 0.717) is 6.42 Å². The van der Waals surface area contributed by atoms with Gasteiger partial charge in [0.05, 0.1) is 0 Å². The Morgan fingerprint density at radius 3 is 2.69 bits per heavy atom. The molecular weight excluding hydrogens is 203 g/mol. The van der Waals surface area contributed by atoms with Crippen molar-refractivity contribution in [2.45, 2.75) is 33.0 Å². The Balaban J connectivity index is 2.92. The molecule has 3 nitrogen and oxygen atoms in total. The maximum atomic E-state index is 11.3. The molecule has 0 aromatic heterocycles. The predicted octanol–water partition coefficient (Wildman–Crippen LogP) is 1.54. The Hall–Kier alpha value is -1.45. The predicted molar refractivity (Wildman–Crippen MR) is 65.6 cm³/mol. The van der Waals surface area contributed by atoms with E-state index in [-0.39, 0.29) is 17.5 Å². The van der Waals surface area contributed by atoms with Gasteiger partial charge in [-0.05, 0) is 25.0 Å². The summed E-state index contributed by atoms with van der Waals surface area (Å²) < 4.78 is 5.13. The van der Waals surface area contributed by atoms with E-state index in [1.807, 2.05) is 27.8 Å². The Bertz CT molecular complexity index is 365. The van der Waals surface area contributed by atoms with Crippen LogP contribution in [-0.4, -0.2) is 18.9 Å². The molecule has 0 aliphatic carbocycles. The molecule has 4 heteroatoms. The van der Waals surface area contributed by atoms with Crippen molar-refractivity contribution in [3.8, 4) is 11.5 Å². The average molecular weight is 220 g/mol. The molecule has 16 heavy (non-hydrogen) atoms. The van der Waals surface area contributed by atoms with Crippen molar-refractivity contribution in [2.75, 3.05) is 0 Å². The normalized spacial score (nSPS) is 10.1. The molecule has 0 unspecified atom stereocenters. The summed E-state index contributed by atoms with van der Waals surface area (Å²) >= 11 is 0. The summed E-state index contributed by atoms with van der Waals surface area (Å²) in [5.41, 5.74) is 1.83. The van der Waals surface area contributed by atoms with Gasteiger partial charge in [-0.2, -0.15) is 0 Å². The van der Waals surface area contributed by atoms with Crippen molar-refractivity contribution >= 4 is 13.8 Å². The summed E-state index contributed by atoms with van der Waals surface area (Å²) in [5, 5.41) is 9.74. The number of phenolic OH excluding ortho intramolecular Hbond substituents is 1. The van der Waals surface area contributed by atoms with Crippen molar-refractivity contribution < 1.29 is 14.6 Å². The summed E-state index contributed by atoms with van der Waals surface area (Å²) in [6.45, 7) is 3.74. The minimum absolute atomic E-state index is 0.0429. The van der Waals surface area contributed by atoms with E-state index >= 15 is 0 Å². The summed E-state index contributed by atoms with van der Waals surface area (Å²) in [7, 11) is 2.01. The number of hydrogen-bond acceptors (Lipinski definition) is 3. The second-order valence-electron chi connectivity index (χ2n) is 3.84. The molecule has 0 bridgehead atoms. The zero-order valence-corrected chi connectivity index (χ0v) is 10.0. The number of aromatic hydroxyl groups is 1. The topological polar surface area (TPSA) is 46.5 Å². The highest BCUT2D eigenvalue weighted by atomic mass is 16.5. The van der Waals surface area contributed by atoms with Crippen LogP contribution in [0.25, 0.3) is 0 Å². The van der Waals surface area contributed by atoms with Crippen LogP contribution in [0.2, 0.25) is 0 Å². The van der Waals surface area contributed by atoms with Crippen LogP contribution in [-0.2, 0) is 11.1 Å². The molecule has 0 amide bonds. The van der Waals surface area contributed by atoms with Gasteiger partial charge in [0, 0.05) is 6.42 Å². The molecule has 0 heterocycles. The molecule has 0 spiro atoms. The minimum Gasteiger partial charge on any atom is -0.504 e. The fourth-order valence-electron chi connectivity index (χ4n) is 1.53. The van der Waals surface area contributed by atoms with Crippen LogP contribution in [0.5, 0.6) is 11.5 Å². The lowest BCUT2D eigenvalue weighted by atomic mass is 9.95. The summed E-state index contributed by atoms with van der Waals surface area (Å²) in [4.78, 5) is 11.3. The van der Waals surface area contributed by atoms with Gasteiger partial charge < -0.3 is 9.84 Å². The summed E-state index contributed by atoms with van der Waals surface area (Å²) in [6.07, 6.45) is 1.96. The quantitative estimate of drug-likeness (QED) is 0.475. The minimum atomic E-state index is -0.301. The number of phenols is 1. The zero-order valence-electron chi connectivity index (χ0n) is 10.0. The standard InChI is InChI=1S/C12H17BO3/c1-3-4-11(15)16-12-8(2)5-9(7-13)6-10(12)14/h5-6,14H,3-4,7,13H2,1-2H3. The first-order chi connectivity index (χ1) is 7.58. The average Bonchev–Trinajstić information content (AvgIpc) is 2.23. The van der Waals surface area contributed by atoms with E-state index in [1.165, 1.54) is 0 Å². The molecule has 0 fully saturated rings. The fraction of sp³-hybridized carbons (Fsp3) is 0.417. The van der Waals surface area contributed by atoms with Gasteiger partial charge in [-0.1, -0.05) is 24.9 Å². The molecule has 0 radical (unpaired) electrons. The number of esters is 1. The van der Waals surface area contributed by atoms with Crippen LogP contribution in [0.4, 0.5) is 0 Å². The number of benzene rings is 1. The molecule has 0 aliphatic heterocycles. The van der Waals surface area contributed by atoms with Crippen LogP contribution in [0, 0.1) is 6.92 Å². The maximum Gasteiger partial charge on any atom is 0.311 e. The third-order valence-electron chi connectivity index (χ3n) is 2.39. The molecular formula is C12H17BO3. The Morgan fingerprint density at radius 2 is 2.19 bits per heavy atom. The lowest BCUT2D eigenvalue weighted by Crippen LogP contribution is -2.08. The number of hydrogen-bond donors (Lipinski definition) is 1. The summed E-state index contributed by atoms with van der Waals surface area (Å²) in [5.74, 6) is 0.0297. The smallest absolute Gasteiger partial charge is 0.311 e. The van der Waals surface area contributed by atoms with Crippen LogP contribution in [0.3, 0.4) is 0 Å². The summed E-state index contributed by atoms with van der Waals surface area (Å²) in [6, 6.07) is 3.57. The second kappa shape index (κ2) is 5.59. The Morgan fingerprint density at radius 1 is 1.50 bits per heavy atom. The molecule has 0 atom stereocenters. The molecule has 0 saturated heterocycles. The number of ether oxygens (including phenoxy) is 1. The van der Waals surface area contributed by atoms with Crippen LogP contribution in [0.1, 0.15) is 30.9 Å². The lowest BCUT2D eigenvalue weighted by molar-refractivity contribution is -0.134. The Labute approximate surface area is 96.8 Å². The van der Waals surface area contributed by atoms with Gasteiger partial charge in [-0.3, -0.25) is 4.79 Å². The van der Waals surface area contributed by atoms with Crippen LogP contribution >= 0.6 is 0 Å². The van der Waals surface area contributed by atoms with Crippen LogP contribution < -0.4 is 4.74 Å². The maximum absolute atomic E-state index is 11.3. The number of rotatable bonds is 4. The number of aryl methyl sites for hydroxylation is 1. The highest BCUT2D eigenvalue weighted by Crippen LogP contribution is 2.31. The van der Waals surface area contributed by atoms with E-state index < -0.39 is 0 Å². The van der Waals surface area contributed by atoms with Crippen molar-refractivity contribution in [1.82, 2.24) is 0 Å². The molecule has 86 valence electrons. The van der Waals surface area contributed by atoms with Crippen molar-refractivity contribution in [3.63, 3.8) is 0 Å². The third kappa shape index (κ3) is 3.02. The van der Waals surface area contributed by atoms with Gasteiger partial charge in [0.1, 0.15) is 7.85 Å². The zero-order chi connectivity index (χ0) is 12.1. The van der Waals surface area contributed by atoms with Gasteiger partial charge in [0.25, 0.3) is 0 Å². The first-order valence-corrected chi connectivity index (χ1v) is 5.61. The van der Waals surface area contributed by atoms with E-state index in [9.17, 15) is 9.90 Å². The molecule has 1 aromatic carbocycles. The molecule has 1 N–H and O–H groups in total. The van der Waals surface area contributed by atoms with E-state index in [1.54, 1.807) is 6.07 Å². The van der Waals surface area contributed by atoms with Crippen molar-refractivity contribution in [1.29, 1.82) is 0 Å². The van der Waals surface area contributed by atoms with Gasteiger partial charge in [-0.15, -0.1) is 0 Å². The van der Waals surface area contributed by atoms with Crippen molar-refractivity contribution in [3.05, 3.63) is 23.3 Å². The highest BCUT2D eigenvalue weighted by Gasteiger charge is 2.12. The first-order valence-electron chi connectivity index (χ1n) is 5.61. The monoisotopic (exact) mass is 220 g/mol. The van der Waals surface area contributed by atoms with E-state index in [0.717, 1.165) is 23.9 Å². The van der Waals surface area contributed by atoms with Gasteiger partial charge in [-0.25, -0.2) is 0 Å². The molecule has 0 saturated carbocycles.